The molecular formula is C17H17ClN2O2. The highest BCUT2D eigenvalue weighted by Crippen LogP contribution is 2.36. The van der Waals surface area contributed by atoms with E-state index in [1.807, 2.05) is 43.3 Å². The Bertz CT molecular complexity index is 827. The fourth-order valence-electron chi connectivity index (χ4n) is 2.66. The van der Waals surface area contributed by atoms with Crippen LogP contribution in [0.15, 0.2) is 36.4 Å². The lowest BCUT2D eigenvalue weighted by atomic mass is 10.1. The molecule has 0 saturated heterocycles. The van der Waals surface area contributed by atoms with Crippen molar-refractivity contribution in [1.29, 1.82) is 0 Å². The van der Waals surface area contributed by atoms with Crippen LogP contribution in [0.5, 0.6) is 11.5 Å². The summed E-state index contributed by atoms with van der Waals surface area (Å²) in [7, 11) is 3.29. The van der Waals surface area contributed by atoms with E-state index in [9.17, 15) is 0 Å². The number of methoxy groups -OCH3 is 2. The van der Waals surface area contributed by atoms with Gasteiger partial charge in [0, 0.05) is 11.3 Å². The molecule has 22 heavy (non-hydrogen) atoms. The molecule has 3 aromatic rings. The third kappa shape index (κ3) is 2.29. The van der Waals surface area contributed by atoms with Crippen LogP contribution in [-0.4, -0.2) is 23.6 Å². The number of halogens is 1. The Labute approximate surface area is 134 Å². The maximum Gasteiger partial charge on any atom is 0.137 e. The summed E-state index contributed by atoms with van der Waals surface area (Å²) in [6, 6.07) is 11.7. The first-order valence-corrected chi connectivity index (χ1v) is 7.48. The molecule has 0 aliphatic rings. The van der Waals surface area contributed by atoms with Crippen molar-refractivity contribution in [1.82, 2.24) is 9.38 Å². The highest BCUT2D eigenvalue weighted by atomic mass is 35.5. The van der Waals surface area contributed by atoms with Crippen LogP contribution in [0.2, 0.25) is 0 Å². The summed E-state index contributed by atoms with van der Waals surface area (Å²) in [5.41, 5.74) is 4.60. The van der Waals surface area contributed by atoms with E-state index in [-0.39, 0.29) is 0 Å². The van der Waals surface area contributed by atoms with Gasteiger partial charge in [-0.1, -0.05) is 6.07 Å². The minimum absolute atomic E-state index is 0.363. The number of nitrogens with zero attached hydrogens (tertiary/aromatic N) is 2. The van der Waals surface area contributed by atoms with Crippen molar-refractivity contribution in [2.24, 2.45) is 0 Å². The number of pyridine rings is 1. The van der Waals surface area contributed by atoms with Crippen LogP contribution < -0.4 is 9.47 Å². The van der Waals surface area contributed by atoms with Crippen LogP contribution in [0.25, 0.3) is 16.9 Å². The van der Waals surface area contributed by atoms with Gasteiger partial charge in [-0.15, -0.1) is 11.6 Å². The van der Waals surface area contributed by atoms with E-state index < -0.39 is 0 Å². The molecule has 0 aliphatic heterocycles. The molecule has 0 unspecified atom stereocenters. The molecule has 4 nitrogen and oxygen atoms in total. The maximum absolute atomic E-state index is 6.21. The number of imidazole rings is 1. The molecule has 0 bridgehead atoms. The molecule has 0 spiro atoms. The number of rotatable bonds is 4. The average molecular weight is 317 g/mol. The second-order valence-corrected chi connectivity index (χ2v) is 5.23. The number of benzene rings is 1. The van der Waals surface area contributed by atoms with E-state index in [0.717, 1.165) is 39.8 Å². The van der Waals surface area contributed by atoms with Gasteiger partial charge < -0.3 is 9.47 Å². The zero-order chi connectivity index (χ0) is 15.7. The number of fused-ring (bicyclic) bond motifs is 1. The molecule has 0 aliphatic carbocycles. The molecule has 114 valence electrons. The SMILES string of the molecule is COc1ccc(OC)c(-c2nc3cccc(C)n3c2CCl)c1. The Morgan fingerprint density at radius 2 is 1.95 bits per heavy atom. The lowest BCUT2D eigenvalue weighted by molar-refractivity contribution is 0.404. The van der Waals surface area contributed by atoms with E-state index in [1.165, 1.54) is 0 Å². The summed E-state index contributed by atoms with van der Waals surface area (Å²) < 4.78 is 12.9. The molecule has 3 rings (SSSR count). The van der Waals surface area contributed by atoms with Crippen LogP contribution >= 0.6 is 11.6 Å². The highest BCUT2D eigenvalue weighted by Gasteiger charge is 2.18. The van der Waals surface area contributed by atoms with Crippen molar-refractivity contribution >= 4 is 17.2 Å². The lowest BCUT2D eigenvalue weighted by Gasteiger charge is -2.10. The number of ether oxygens (including phenoxy) is 2. The largest absolute Gasteiger partial charge is 0.497 e. The first kappa shape index (κ1) is 14.7. The van der Waals surface area contributed by atoms with Crippen molar-refractivity contribution in [2.75, 3.05) is 14.2 Å². The van der Waals surface area contributed by atoms with Gasteiger partial charge in [-0.3, -0.25) is 4.40 Å². The molecule has 2 aromatic heterocycles. The molecule has 5 heteroatoms. The van der Waals surface area contributed by atoms with Crippen LogP contribution in [0.3, 0.4) is 0 Å². The van der Waals surface area contributed by atoms with Gasteiger partial charge >= 0.3 is 0 Å². The van der Waals surface area contributed by atoms with Crippen molar-refractivity contribution in [2.45, 2.75) is 12.8 Å². The first-order chi connectivity index (χ1) is 10.7. The molecule has 0 amide bonds. The number of aryl methyl sites for hydroxylation is 1. The van der Waals surface area contributed by atoms with Crippen molar-refractivity contribution < 1.29 is 9.47 Å². The molecule has 0 radical (unpaired) electrons. The Morgan fingerprint density at radius 3 is 2.64 bits per heavy atom. The number of hydrogen-bond acceptors (Lipinski definition) is 3. The zero-order valence-electron chi connectivity index (χ0n) is 12.8. The topological polar surface area (TPSA) is 35.8 Å². The predicted molar refractivity (Wildman–Crippen MR) is 88.0 cm³/mol. The average Bonchev–Trinajstić information content (AvgIpc) is 2.94. The van der Waals surface area contributed by atoms with Gasteiger partial charge in [0.1, 0.15) is 17.1 Å². The monoisotopic (exact) mass is 316 g/mol. The second-order valence-electron chi connectivity index (χ2n) is 4.97. The Kier molecular flexibility index (Phi) is 3.94. The summed E-state index contributed by atoms with van der Waals surface area (Å²) in [6.07, 6.45) is 0. The molecule has 0 N–H and O–H groups in total. The van der Waals surface area contributed by atoms with Gasteiger partial charge in [-0.25, -0.2) is 4.98 Å². The summed E-state index contributed by atoms with van der Waals surface area (Å²) in [5.74, 6) is 1.86. The van der Waals surface area contributed by atoms with E-state index in [0.29, 0.717) is 5.88 Å². The minimum Gasteiger partial charge on any atom is -0.497 e. The summed E-state index contributed by atoms with van der Waals surface area (Å²) >= 11 is 6.21. The maximum atomic E-state index is 6.21. The highest BCUT2D eigenvalue weighted by molar-refractivity contribution is 6.17. The molecule has 0 saturated carbocycles. The fourth-order valence-corrected chi connectivity index (χ4v) is 2.91. The molecule has 2 heterocycles. The second kappa shape index (κ2) is 5.89. The standard InChI is InChI=1S/C17H17ClN2O2/c1-11-5-4-6-16-19-17(14(10-18)20(11)16)13-9-12(21-2)7-8-15(13)22-3/h4-9H,10H2,1-3H3. The van der Waals surface area contributed by atoms with E-state index in [2.05, 4.69) is 4.40 Å². The molecular weight excluding hydrogens is 300 g/mol. The number of alkyl halides is 1. The fraction of sp³-hybridized carbons (Fsp3) is 0.235. The minimum atomic E-state index is 0.363. The van der Waals surface area contributed by atoms with Crippen molar-refractivity contribution in [3.8, 4) is 22.8 Å². The van der Waals surface area contributed by atoms with Gasteiger partial charge in [0.25, 0.3) is 0 Å². The molecule has 0 fully saturated rings. The van der Waals surface area contributed by atoms with Gasteiger partial charge in [0.2, 0.25) is 0 Å². The third-order valence-corrected chi connectivity index (χ3v) is 3.98. The predicted octanol–water partition coefficient (Wildman–Crippen LogP) is 4.07. The van der Waals surface area contributed by atoms with E-state index in [1.54, 1.807) is 14.2 Å². The summed E-state index contributed by atoms with van der Waals surface area (Å²) in [4.78, 5) is 4.74. The van der Waals surface area contributed by atoms with Crippen LogP contribution in [0.1, 0.15) is 11.4 Å². The van der Waals surface area contributed by atoms with Gasteiger partial charge in [0.05, 0.1) is 31.5 Å². The summed E-state index contributed by atoms with van der Waals surface area (Å²) in [6.45, 7) is 2.04. The van der Waals surface area contributed by atoms with Crippen LogP contribution in [-0.2, 0) is 5.88 Å². The van der Waals surface area contributed by atoms with E-state index in [4.69, 9.17) is 26.1 Å². The molecule has 0 atom stereocenters. The molecule has 1 aromatic carbocycles. The van der Waals surface area contributed by atoms with Crippen LogP contribution in [0, 0.1) is 6.92 Å². The normalized spacial score (nSPS) is 10.9. The van der Waals surface area contributed by atoms with Crippen molar-refractivity contribution in [3.05, 3.63) is 47.8 Å². The van der Waals surface area contributed by atoms with Crippen molar-refractivity contribution in [3.63, 3.8) is 0 Å². The van der Waals surface area contributed by atoms with Gasteiger partial charge in [0.15, 0.2) is 0 Å². The first-order valence-electron chi connectivity index (χ1n) is 6.95. The zero-order valence-corrected chi connectivity index (χ0v) is 13.5. The van der Waals surface area contributed by atoms with Gasteiger partial charge in [-0.05, 0) is 37.3 Å². The Balaban J connectivity index is 2.33. The Morgan fingerprint density at radius 1 is 1.14 bits per heavy atom. The quantitative estimate of drug-likeness (QED) is 0.681. The van der Waals surface area contributed by atoms with E-state index >= 15 is 0 Å². The Hall–Kier alpha value is -2.20. The van der Waals surface area contributed by atoms with Gasteiger partial charge in [-0.2, -0.15) is 0 Å². The summed E-state index contributed by atoms with van der Waals surface area (Å²) in [5, 5.41) is 0. The number of hydrogen-bond donors (Lipinski definition) is 0. The smallest absolute Gasteiger partial charge is 0.137 e. The van der Waals surface area contributed by atoms with Crippen LogP contribution in [0.4, 0.5) is 0 Å². The lowest BCUT2D eigenvalue weighted by Crippen LogP contribution is -1.96. The number of aromatic nitrogens is 2. The third-order valence-electron chi connectivity index (χ3n) is 3.72.